The lowest BCUT2D eigenvalue weighted by Gasteiger charge is -2.13. The van der Waals surface area contributed by atoms with Crippen molar-refractivity contribution < 1.29 is 4.74 Å². The first-order chi connectivity index (χ1) is 4.39. The molecule has 0 spiro atoms. The molecule has 0 saturated carbocycles. The minimum atomic E-state index is 0.321. The summed E-state index contributed by atoms with van der Waals surface area (Å²) < 4.78 is 5.24. The van der Waals surface area contributed by atoms with E-state index in [9.17, 15) is 0 Å². The Morgan fingerprint density at radius 3 is 3.44 bits per heavy atom. The Labute approximate surface area is 55.9 Å². The van der Waals surface area contributed by atoms with Crippen molar-refractivity contribution >= 4 is 0 Å². The number of hydrogen-bond donors (Lipinski definition) is 1. The largest absolute Gasteiger partial charge is 0.497 e. The first-order valence-corrected chi connectivity index (χ1v) is 3.41. The van der Waals surface area contributed by atoms with Crippen molar-refractivity contribution in [2.24, 2.45) is 0 Å². The monoisotopic (exact) mass is 127 g/mol. The van der Waals surface area contributed by atoms with Gasteiger partial charge in [0.25, 0.3) is 0 Å². The molecule has 0 fully saturated rings. The molecule has 2 nitrogen and oxygen atoms in total. The van der Waals surface area contributed by atoms with Crippen molar-refractivity contribution in [1.82, 2.24) is 5.32 Å². The molecule has 0 saturated heterocycles. The predicted molar refractivity (Wildman–Crippen MR) is 37.2 cm³/mol. The molecule has 1 unspecified atom stereocenters. The highest BCUT2D eigenvalue weighted by atomic mass is 16.5. The summed E-state index contributed by atoms with van der Waals surface area (Å²) in [5, 5.41) is 3.26. The molecule has 0 aromatic heterocycles. The van der Waals surface area contributed by atoms with Gasteiger partial charge in [0.05, 0.1) is 6.26 Å². The molecular weight excluding hydrogens is 114 g/mol. The number of rotatable bonds is 0. The fourth-order valence-electron chi connectivity index (χ4n) is 0.797. The van der Waals surface area contributed by atoms with Crippen LogP contribution in [0.15, 0.2) is 12.3 Å². The van der Waals surface area contributed by atoms with Crippen LogP contribution in [0.2, 0.25) is 0 Å². The normalized spacial score (nSPS) is 31.9. The first kappa shape index (κ1) is 6.62. The number of nitrogens with one attached hydrogen (secondary N) is 1. The molecule has 0 bridgehead atoms. The van der Waals surface area contributed by atoms with E-state index in [1.165, 1.54) is 0 Å². The Balaban J connectivity index is 2.28. The summed E-state index contributed by atoms with van der Waals surface area (Å²) in [6, 6.07) is 0. The molecule has 1 rings (SSSR count). The summed E-state index contributed by atoms with van der Waals surface area (Å²) in [5.74, 6) is 0. The molecule has 2 heteroatoms. The van der Waals surface area contributed by atoms with Crippen molar-refractivity contribution in [3.05, 3.63) is 12.3 Å². The van der Waals surface area contributed by atoms with E-state index < -0.39 is 0 Å². The van der Waals surface area contributed by atoms with Gasteiger partial charge in [-0.3, -0.25) is 0 Å². The summed E-state index contributed by atoms with van der Waals surface area (Å²) in [7, 11) is 0. The third-order valence-corrected chi connectivity index (χ3v) is 1.33. The maximum absolute atomic E-state index is 5.24. The lowest BCUT2D eigenvalue weighted by atomic mass is 10.3. The lowest BCUT2D eigenvalue weighted by molar-refractivity contribution is 0.155. The molecule has 0 aliphatic carbocycles. The van der Waals surface area contributed by atoms with Crippen LogP contribution in [0.25, 0.3) is 0 Å². The molecule has 0 aromatic carbocycles. The third kappa shape index (κ3) is 2.51. The Morgan fingerprint density at radius 1 is 1.67 bits per heavy atom. The Bertz CT molecular complexity index is 101. The summed E-state index contributed by atoms with van der Waals surface area (Å²) in [4.78, 5) is 0. The van der Waals surface area contributed by atoms with E-state index in [4.69, 9.17) is 4.74 Å². The van der Waals surface area contributed by atoms with Gasteiger partial charge in [-0.05, 0) is 26.0 Å². The van der Waals surface area contributed by atoms with E-state index in [1.54, 1.807) is 6.26 Å². The van der Waals surface area contributed by atoms with Gasteiger partial charge in [0, 0.05) is 6.54 Å². The smallest absolute Gasteiger partial charge is 0.107 e. The fourth-order valence-corrected chi connectivity index (χ4v) is 0.797. The quantitative estimate of drug-likeness (QED) is 0.522. The topological polar surface area (TPSA) is 21.3 Å². The van der Waals surface area contributed by atoms with Gasteiger partial charge in [-0.15, -0.1) is 0 Å². The Hall–Kier alpha value is -0.500. The van der Waals surface area contributed by atoms with Crippen LogP contribution >= 0.6 is 0 Å². The predicted octanol–water partition coefficient (Wildman–Crippen LogP) is 0.898. The Kier molecular flexibility index (Phi) is 2.58. The summed E-state index contributed by atoms with van der Waals surface area (Å²) >= 11 is 0. The van der Waals surface area contributed by atoms with Crippen molar-refractivity contribution in [2.45, 2.75) is 19.4 Å². The van der Waals surface area contributed by atoms with Gasteiger partial charge in [-0.25, -0.2) is 0 Å². The van der Waals surface area contributed by atoms with Gasteiger partial charge in [0.1, 0.15) is 6.10 Å². The van der Waals surface area contributed by atoms with Crippen LogP contribution in [0.1, 0.15) is 13.3 Å². The Morgan fingerprint density at radius 2 is 2.56 bits per heavy atom. The van der Waals surface area contributed by atoms with Crippen LogP contribution in [0.5, 0.6) is 0 Å². The molecule has 1 aliphatic rings. The van der Waals surface area contributed by atoms with Gasteiger partial charge in [-0.1, -0.05) is 0 Å². The van der Waals surface area contributed by atoms with E-state index in [0.29, 0.717) is 6.10 Å². The average Bonchev–Trinajstić information content (AvgIpc) is 1.79. The highest BCUT2D eigenvalue weighted by Gasteiger charge is 1.99. The van der Waals surface area contributed by atoms with Crippen molar-refractivity contribution in [2.75, 3.05) is 13.1 Å². The third-order valence-electron chi connectivity index (χ3n) is 1.33. The van der Waals surface area contributed by atoms with Crippen LogP contribution in [-0.2, 0) is 4.74 Å². The number of hydrogen-bond acceptors (Lipinski definition) is 2. The minimum absolute atomic E-state index is 0.321. The second-order valence-electron chi connectivity index (χ2n) is 2.31. The maximum Gasteiger partial charge on any atom is 0.107 e. The molecule has 0 aromatic rings. The molecule has 1 heterocycles. The summed E-state index contributed by atoms with van der Waals surface area (Å²) in [5.41, 5.74) is 0. The standard InChI is InChI=1S/C7H13NO/c1-7-6-8-4-2-3-5-9-7/h3,5,7-8H,2,4,6H2,1H3/b5-3-. The van der Waals surface area contributed by atoms with Crippen molar-refractivity contribution in [3.8, 4) is 0 Å². The molecule has 1 aliphatic heterocycles. The van der Waals surface area contributed by atoms with Crippen LogP contribution in [0.3, 0.4) is 0 Å². The SMILES string of the molecule is CC1CNCC/C=C\O1. The van der Waals surface area contributed by atoms with Gasteiger partial charge in [0.15, 0.2) is 0 Å². The summed E-state index contributed by atoms with van der Waals surface area (Å²) in [6.45, 7) is 4.09. The van der Waals surface area contributed by atoms with Crippen LogP contribution in [0, 0.1) is 0 Å². The van der Waals surface area contributed by atoms with Crippen LogP contribution in [-0.4, -0.2) is 19.2 Å². The van der Waals surface area contributed by atoms with E-state index in [-0.39, 0.29) is 0 Å². The highest BCUT2D eigenvalue weighted by Crippen LogP contribution is 1.94. The maximum atomic E-state index is 5.24. The molecular formula is C7H13NO. The van der Waals surface area contributed by atoms with Crippen molar-refractivity contribution in [3.63, 3.8) is 0 Å². The van der Waals surface area contributed by atoms with Gasteiger partial charge < -0.3 is 10.1 Å². The molecule has 1 N–H and O–H groups in total. The van der Waals surface area contributed by atoms with Crippen LogP contribution in [0.4, 0.5) is 0 Å². The average molecular weight is 127 g/mol. The van der Waals surface area contributed by atoms with Gasteiger partial charge >= 0.3 is 0 Å². The molecule has 9 heavy (non-hydrogen) atoms. The first-order valence-electron chi connectivity index (χ1n) is 3.41. The fraction of sp³-hybridized carbons (Fsp3) is 0.714. The molecule has 0 amide bonds. The zero-order chi connectivity index (χ0) is 6.53. The van der Waals surface area contributed by atoms with E-state index in [0.717, 1.165) is 19.5 Å². The lowest BCUT2D eigenvalue weighted by Crippen LogP contribution is -2.27. The minimum Gasteiger partial charge on any atom is -0.497 e. The van der Waals surface area contributed by atoms with Crippen molar-refractivity contribution in [1.29, 1.82) is 0 Å². The highest BCUT2D eigenvalue weighted by molar-refractivity contribution is 4.78. The van der Waals surface area contributed by atoms with E-state index in [1.807, 2.05) is 6.08 Å². The second kappa shape index (κ2) is 3.51. The molecule has 1 atom stereocenters. The summed E-state index contributed by atoms with van der Waals surface area (Å²) in [6.07, 6.45) is 5.24. The van der Waals surface area contributed by atoms with E-state index in [2.05, 4.69) is 12.2 Å². The molecule has 0 radical (unpaired) electrons. The van der Waals surface area contributed by atoms with Gasteiger partial charge in [-0.2, -0.15) is 0 Å². The zero-order valence-electron chi connectivity index (χ0n) is 5.76. The zero-order valence-corrected chi connectivity index (χ0v) is 5.76. The molecule has 52 valence electrons. The van der Waals surface area contributed by atoms with Gasteiger partial charge in [0.2, 0.25) is 0 Å². The van der Waals surface area contributed by atoms with Crippen LogP contribution < -0.4 is 5.32 Å². The number of ether oxygens (including phenoxy) is 1. The second-order valence-corrected chi connectivity index (χ2v) is 2.31. The van der Waals surface area contributed by atoms with E-state index >= 15 is 0 Å².